The van der Waals surface area contributed by atoms with E-state index in [1.807, 2.05) is 48.1 Å². The van der Waals surface area contributed by atoms with E-state index >= 15 is 0 Å². The molecule has 1 aromatic rings. The Morgan fingerprint density at radius 3 is 2.63 bits per heavy atom. The van der Waals surface area contributed by atoms with Gasteiger partial charge in [0.25, 0.3) is 17.7 Å². The standard InChI is InChI=1S/C28H39N5O7S/c1-27-19-21(27)13-8-3-2-4-9-14-22(40-26(29)37)23(34)33-18-10-16-28(33,24(35)31-27)25(36)32-41(38,39)30-17-15-20-11-6-5-7-12-20/h5-8,11-13,21-22,30H,2-4,9-10,14-19H2,1H3,(H2,29,37)(H,31,35)(H,32,36)/b13-8-. The molecular weight excluding hydrogens is 550 g/mol. The van der Waals surface area contributed by atoms with E-state index in [1.54, 1.807) is 0 Å². The van der Waals surface area contributed by atoms with Gasteiger partial charge in [-0.05, 0) is 63.9 Å². The summed E-state index contributed by atoms with van der Waals surface area (Å²) in [5.74, 6) is -2.62. The molecule has 2 fully saturated rings. The molecule has 0 radical (unpaired) electrons. The average molecular weight is 590 g/mol. The fourth-order valence-corrected chi connectivity index (χ4v) is 6.53. The molecule has 5 N–H and O–H groups in total. The van der Waals surface area contributed by atoms with Crippen molar-refractivity contribution in [3.8, 4) is 0 Å². The highest BCUT2D eigenvalue weighted by molar-refractivity contribution is 7.88. The van der Waals surface area contributed by atoms with Crippen LogP contribution in [0.5, 0.6) is 0 Å². The van der Waals surface area contributed by atoms with E-state index in [0.29, 0.717) is 19.3 Å². The summed E-state index contributed by atoms with van der Waals surface area (Å²) in [5.41, 5.74) is 3.34. The van der Waals surface area contributed by atoms with Gasteiger partial charge in [0.05, 0.1) is 0 Å². The molecular formula is C28H39N5O7S. The fourth-order valence-electron chi connectivity index (χ4n) is 5.67. The molecule has 41 heavy (non-hydrogen) atoms. The minimum atomic E-state index is -4.39. The van der Waals surface area contributed by atoms with Crippen LogP contribution in [0, 0.1) is 5.92 Å². The Kier molecular flexibility index (Phi) is 9.37. The number of nitrogens with two attached hydrogens (primary N) is 1. The van der Waals surface area contributed by atoms with Gasteiger partial charge >= 0.3 is 16.3 Å². The number of hydrogen-bond donors (Lipinski definition) is 4. The number of hydrogen-bond acceptors (Lipinski definition) is 7. The molecule has 13 heteroatoms. The van der Waals surface area contributed by atoms with Crippen LogP contribution in [0.4, 0.5) is 4.79 Å². The lowest BCUT2D eigenvalue weighted by Crippen LogP contribution is -2.68. The highest BCUT2D eigenvalue weighted by Gasteiger charge is 2.60. The molecule has 224 valence electrons. The van der Waals surface area contributed by atoms with Gasteiger partial charge in [-0.1, -0.05) is 48.9 Å². The molecule has 4 rings (SSSR count). The van der Waals surface area contributed by atoms with E-state index in [1.165, 1.54) is 0 Å². The van der Waals surface area contributed by atoms with E-state index in [9.17, 15) is 27.6 Å². The highest BCUT2D eigenvalue weighted by Crippen LogP contribution is 2.45. The van der Waals surface area contributed by atoms with Crippen molar-refractivity contribution in [2.75, 3.05) is 13.1 Å². The molecule has 0 spiro atoms. The lowest BCUT2D eigenvalue weighted by molar-refractivity contribution is -0.157. The molecule has 1 saturated carbocycles. The maximum Gasteiger partial charge on any atom is 0.405 e. The van der Waals surface area contributed by atoms with E-state index in [4.69, 9.17) is 10.5 Å². The number of carbonyl (C=O) groups is 4. The van der Waals surface area contributed by atoms with Crippen molar-refractivity contribution < 1.29 is 32.3 Å². The Hall–Kier alpha value is -3.45. The topological polar surface area (TPSA) is 177 Å². The number of primary amides is 1. The maximum atomic E-state index is 14.0. The van der Waals surface area contributed by atoms with Crippen LogP contribution in [0.1, 0.15) is 63.9 Å². The van der Waals surface area contributed by atoms with Crippen LogP contribution in [-0.4, -0.2) is 67.4 Å². The van der Waals surface area contributed by atoms with Crippen molar-refractivity contribution in [1.82, 2.24) is 19.7 Å². The number of benzene rings is 1. The third-order valence-corrected chi connectivity index (χ3v) is 9.15. The molecule has 1 aliphatic carbocycles. The number of allylic oxidation sites excluding steroid dienone is 1. The van der Waals surface area contributed by atoms with Gasteiger partial charge in [-0.2, -0.15) is 13.1 Å². The van der Waals surface area contributed by atoms with Gasteiger partial charge in [-0.15, -0.1) is 0 Å². The first kappa shape index (κ1) is 30.5. The summed E-state index contributed by atoms with van der Waals surface area (Å²) in [6.07, 6.45) is 6.00. The van der Waals surface area contributed by atoms with Crippen molar-refractivity contribution in [3.63, 3.8) is 0 Å². The largest absolute Gasteiger partial charge is 0.436 e. The van der Waals surface area contributed by atoms with Gasteiger partial charge in [-0.3, -0.25) is 14.4 Å². The predicted molar refractivity (Wildman–Crippen MR) is 150 cm³/mol. The van der Waals surface area contributed by atoms with Gasteiger partial charge in [0, 0.05) is 24.5 Å². The molecule has 2 heterocycles. The number of nitrogens with zero attached hydrogens (tertiary/aromatic N) is 1. The normalized spacial score (nSPS) is 29.6. The Labute approximate surface area is 240 Å². The zero-order chi connectivity index (χ0) is 29.7. The summed E-state index contributed by atoms with van der Waals surface area (Å²) in [6.45, 7) is 1.86. The van der Waals surface area contributed by atoms with Gasteiger partial charge in [0.1, 0.15) is 0 Å². The Bertz CT molecular complexity index is 1290. The lowest BCUT2D eigenvalue weighted by Gasteiger charge is -2.38. The van der Waals surface area contributed by atoms with E-state index in [-0.39, 0.29) is 38.3 Å². The number of amides is 4. The number of ether oxygens (including phenoxy) is 1. The second kappa shape index (κ2) is 12.6. The number of carbonyl (C=O) groups excluding carboxylic acids is 4. The molecule has 2 aliphatic heterocycles. The maximum absolute atomic E-state index is 14.0. The SMILES string of the molecule is CC12CC1/C=C\CCCCCC(OC(N)=O)C(=O)N1CCCC1(C(=O)NS(=O)(=O)NCCc1ccccc1)C(=O)N2. The van der Waals surface area contributed by atoms with Crippen LogP contribution in [0.3, 0.4) is 0 Å². The molecule has 1 saturated heterocycles. The second-order valence-corrected chi connectivity index (χ2v) is 12.7. The molecule has 12 nitrogen and oxygen atoms in total. The monoisotopic (exact) mass is 589 g/mol. The van der Waals surface area contributed by atoms with Crippen LogP contribution >= 0.6 is 0 Å². The van der Waals surface area contributed by atoms with Crippen LogP contribution < -0.4 is 20.5 Å². The fraction of sp³-hybridized carbons (Fsp3) is 0.571. The van der Waals surface area contributed by atoms with E-state index in [2.05, 4.69) is 16.1 Å². The lowest BCUT2D eigenvalue weighted by atomic mass is 9.92. The van der Waals surface area contributed by atoms with Gasteiger partial charge < -0.3 is 20.7 Å². The summed E-state index contributed by atoms with van der Waals surface area (Å²) in [7, 11) is -4.39. The highest BCUT2D eigenvalue weighted by atomic mass is 32.2. The smallest absolute Gasteiger partial charge is 0.405 e. The third-order valence-electron chi connectivity index (χ3n) is 8.11. The van der Waals surface area contributed by atoms with Crippen LogP contribution in [-0.2, 0) is 35.8 Å². The van der Waals surface area contributed by atoms with E-state index in [0.717, 1.165) is 29.7 Å². The van der Waals surface area contributed by atoms with Crippen molar-refractivity contribution in [2.24, 2.45) is 11.7 Å². The molecule has 1 aromatic carbocycles. The van der Waals surface area contributed by atoms with Crippen LogP contribution in [0.25, 0.3) is 0 Å². The summed E-state index contributed by atoms with van der Waals surface area (Å²) >= 11 is 0. The Morgan fingerprint density at radius 2 is 1.90 bits per heavy atom. The minimum absolute atomic E-state index is 0.000174. The Morgan fingerprint density at radius 1 is 1.15 bits per heavy atom. The quantitative estimate of drug-likeness (QED) is 0.274. The van der Waals surface area contributed by atoms with Crippen molar-refractivity contribution in [1.29, 1.82) is 0 Å². The first-order valence-electron chi connectivity index (χ1n) is 14.1. The number of nitrogens with one attached hydrogen (secondary N) is 3. The molecule has 3 aliphatic rings. The third kappa shape index (κ3) is 7.25. The summed E-state index contributed by atoms with van der Waals surface area (Å²) in [4.78, 5) is 54.3. The van der Waals surface area contributed by atoms with Crippen molar-refractivity contribution in [2.45, 2.75) is 81.9 Å². The summed E-state index contributed by atoms with van der Waals surface area (Å²) in [5, 5.41) is 2.93. The molecule has 0 aromatic heterocycles. The number of rotatable bonds is 7. The van der Waals surface area contributed by atoms with Gasteiger partial charge in [0.2, 0.25) is 5.54 Å². The first-order valence-corrected chi connectivity index (χ1v) is 15.6. The first-order chi connectivity index (χ1) is 19.5. The predicted octanol–water partition coefficient (Wildman–Crippen LogP) is 1.42. The molecule has 4 amide bonds. The Balaban J connectivity index is 1.61. The van der Waals surface area contributed by atoms with Crippen LogP contribution in [0.2, 0.25) is 0 Å². The molecule has 4 atom stereocenters. The zero-order valence-electron chi connectivity index (χ0n) is 23.3. The van der Waals surface area contributed by atoms with Crippen molar-refractivity contribution in [3.05, 3.63) is 48.0 Å². The van der Waals surface area contributed by atoms with Gasteiger partial charge in [0.15, 0.2) is 6.10 Å². The van der Waals surface area contributed by atoms with Gasteiger partial charge in [-0.25, -0.2) is 9.52 Å². The number of fused-ring (bicyclic) bond motifs is 2. The second-order valence-electron chi connectivity index (χ2n) is 11.2. The molecule has 0 bridgehead atoms. The molecule has 4 unspecified atom stereocenters. The average Bonchev–Trinajstić information content (AvgIpc) is 3.32. The van der Waals surface area contributed by atoms with Crippen LogP contribution in [0.15, 0.2) is 42.5 Å². The minimum Gasteiger partial charge on any atom is -0.436 e. The summed E-state index contributed by atoms with van der Waals surface area (Å²) < 4.78 is 35.3. The van der Waals surface area contributed by atoms with E-state index < -0.39 is 51.2 Å². The van der Waals surface area contributed by atoms with Crippen molar-refractivity contribution >= 4 is 34.0 Å². The zero-order valence-corrected chi connectivity index (χ0v) is 24.1. The summed E-state index contributed by atoms with van der Waals surface area (Å²) in [6, 6.07) is 9.21.